The number of carbonyl (C=O) groups is 1. The fraction of sp³-hybridized carbons (Fsp3) is 0.0556. The van der Waals surface area contributed by atoms with E-state index in [1.165, 1.54) is 18.4 Å². The Morgan fingerprint density at radius 3 is 2.78 bits per heavy atom. The molecule has 6 nitrogen and oxygen atoms in total. The zero-order chi connectivity index (χ0) is 18.8. The average molecular weight is 417 g/mol. The average Bonchev–Trinajstić information content (AvgIpc) is 3.42. The Morgan fingerprint density at radius 1 is 1.26 bits per heavy atom. The first-order valence-corrected chi connectivity index (χ1v) is 9.98. The minimum atomic E-state index is -0.360. The number of rotatable bonds is 5. The van der Waals surface area contributed by atoms with Crippen molar-refractivity contribution < 1.29 is 9.53 Å². The maximum absolute atomic E-state index is 12.7. The van der Waals surface area contributed by atoms with E-state index < -0.39 is 0 Å². The van der Waals surface area contributed by atoms with E-state index in [0.717, 1.165) is 16.3 Å². The SMILES string of the molecule is COc1cc(-n2cccc2)c(Cl)cc1C(=O)Nc1nnc(-c2ccsc2)s1. The standard InChI is InChI=1S/C18H13ClN4O2S2/c1-25-15-9-14(23-5-2-3-6-23)13(19)8-12(15)16(24)20-18-22-21-17(27-18)11-4-7-26-10-11/h2-10H,1H3,(H,20,22,24). The molecule has 1 N–H and O–H groups in total. The smallest absolute Gasteiger partial charge is 0.261 e. The van der Waals surface area contributed by atoms with Gasteiger partial charge in [0.2, 0.25) is 5.13 Å². The van der Waals surface area contributed by atoms with Crippen LogP contribution in [0.15, 0.2) is 53.5 Å². The number of thiophene rings is 1. The van der Waals surface area contributed by atoms with Crippen molar-refractivity contribution in [2.24, 2.45) is 0 Å². The molecule has 0 unspecified atom stereocenters. The summed E-state index contributed by atoms with van der Waals surface area (Å²) < 4.78 is 7.25. The molecule has 1 amide bonds. The lowest BCUT2D eigenvalue weighted by atomic mass is 10.1. The second-order valence-electron chi connectivity index (χ2n) is 5.47. The number of nitrogens with one attached hydrogen (secondary N) is 1. The van der Waals surface area contributed by atoms with Crippen LogP contribution in [0, 0.1) is 0 Å². The van der Waals surface area contributed by atoms with E-state index in [9.17, 15) is 4.79 Å². The predicted octanol–water partition coefficient (Wildman–Crippen LogP) is 4.97. The highest BCUT2D eigenvalue weighted by atomic mass is 35.5. The Labute approximate surface area is 168 Å². The molecule has 3 heterocycles. The zero-order valence-electron chi connectivity index (χ0n) is 14.0. The lowest BCUT2D eigenvalue weighted by molar-refractivity contribution is 0.102. The van der Waals surface area contributed by atoms with Crippen molar-refractivity contribution in [2.75, 3.05) is 12.4 Å². The van der Waals surface area contributed by atoms with Gasteiger partial charge in [-0.1, -0.05) is 22.9 Å². The molecule has 27 heavy (non-hydrogen) atoms. The normalized spacial score (nSPS) is 10.7. The van der Waals surface area contributed by atoms with Crippen LogP contribution in [0.25, 0.3) is 16.3 Å². The van der Waals surface area contributed by atoms with Gasteiger partial charge in [0.05, 0.1) is 23.4 Å². The molecule has 0 aliphatic carbocycles. The van der Waals surface area contributed by atoms with Gasteiger partial charge in [0.15, 0.2) is 0 Å². The minimum absolute atomic E-state index is 0.325. The number of methoxy groups -OCH3 is 1. The van der Waals surface area contributed by atoms with Crippen LogP contribution in [-0.4, -0.2) is 27.8 Å². The molecule has 9 heteroatoms. The largest absolute Gasteiger partial charge is 0.496 e. The number of ether oxygens (including phenoxy) is 1. The fourth-order valence-corrected chi connectivity index (χ4v) is 4.23. The summed E-state index contributed by atoms with van der Waals surface area (Å²) in [5.41, 5.74) is 2.03. The Morgan fingerprint density at radius 2 is 2.07 bits per heavy atom. The molecule has 0 bridgehead atoms. The molecule has 4 rings (SSSR count). The van der Waals surface area contributed by atoms with Crippen molar-refractivity contribution in [1.82, 2.24) is 14.8 Å². The molecule has 4 aromatic rings. The summed E-state index contributed by atoms with van der Waals surface area (Å²) in [5, 5.41) is 16.5. The molecule has 1 aromatic carbocycles. The highest BCUT2D eigenvalue weighted by molar-refractivity contribution is 7.19. The lowest BCUT2D eigenvalue weighted by Gasteiger charge is -2.13. The highest BCUT2D eigenvalue weighted by Crippen LogP contribution is 2.32. The Hall–Kier alpha value is -2.68. The Balaban J connectivity index is 1.61. The van der Waals surface area contributed by atoms with Gasteiger partial charge >= 0.3 is 0 Å². The number of nitrogens with zero attached hydrogens (tertiary/aromatic N) is 3. The van der Waals surface area contributed by atoms with Gasteiger partial charge in [-0.25, -0.2) is 0 Å². The van der Waals surface area contributed by atoms with Crippen LogP contribution in [-0.2, 0) is 0 Å². The topological polar surface area (TPSA) is 69.0 Å². The maximum atomic E-state index is 12.7. The molecule has 0 saturated heterocycles. The van der Waals surface area contributed by atoms with Gasteiger partial charge in [0.25, 0.3) is 5.91 Å². The molecular formula is C18H13ClN4O2S2. The summed E-state index contributed by atoms with van der Waals surface area (Å²) in [7, 11) is 1.51. The second-order valence-corrected chi connectivity index (χ2v) is 7.64. The van der Waals surface area contributed by atoms with Crippen molar-refractivity contribution in [2.45, 2.75) is 0 Å². The third-order valence-corrected chi connectivity index (χ3v) is 5.68. The molecule has 0 fully saturated rings. The molecular weight excluding hydrogens is 404 g/mol. The summed E-state index contributed by atoms with van der Waals surface area (Å²) >= 11 is 9.27. The van der Waals surface area contributed by atoms with E-state index in [1.54, 1.807) is 23.5 Å². The summed E-state index contributed by atoms with van der Waals surface area (Å²) in [6.45, 7) is 0. The predicted molar refractivity (Wildman–Crippen MR) is 109 cm³/mol. The van der Waals surface area contributed by atoms with Gasteiger partial charge in [0, 0.05) is 29.4 Å². The van der Waals surface area contributed by atoms with E-state index in [-0.39, 0.29) is 5.91 Å². The van der Waals surface area contributed by atoms with Crippen LogP contribution >= 0.6 is 34.3 Å². The van der Waals surface area contributed by atoms with Crippen molar-refractivity contribution in [3.8, 4) is 22.0 Å². The van der Waals surface area contributed by atoms with Gasteiger partial charge in [-0.3, -0.25) is 10.1 Å². The number of hydrogen-bond donors (Lipinski definition) is 1. The fourth-order valence-electron chi connectivity index (χ4n) is 2.52. The number of halogens is 1. The third kappa shape index (κ3) is 3.59. The molecule has 136 valence electrons. The Bertz CT molecular complexity index is 1080. The number of aromatic nitrogens is 3. The van der Waals surface area contributed by atoms with Crippen LogP contribution in [0.1, 0.15) is 10.4 Å². The van der Waals surface area contributed by atoms with Crippen LogP contribution < -0.4 is 10.1 Å². The van der Waals surface area contributed by atoms with E-state index in [4.69, 9.17) is 16.3 Å². The van der Waals surface area contributed by atoms with Gasteiger partial charge < -0.3 is 9.30 Å². The molecule has 0 saturated carbocycles. The van der Waals surface area contributed by atoms with Crippen molar-refractivity contribution in [1.29, 1.82) is 0 Å². The zero-order valence-corrected chi connectivity index (χ0v) is 16.4. The van der Waals surface area contributed by atoms with Gasteiger partial charge in [0.1, 0.15) is 10.8 Å². The first-order chi connectivity index (χ1) is 13.2. The number of amides is 1. The molecule has 0 spiro atoms. The molecule has 3 aromatic heterocycles. The first kappa shape index (κ1) is 17.7. The van der Waals surface area contributed by atoms with Crippen molar-refractivity contribution >= 4 is 45.3 Å². The van der Waals surface area contributed by atoms with Gasteiger partial charge in [-0.15, -0.1) is 10.2 Å². The third-order valence-electron chi connectivity index (χ3n) is 3.81. The van der Waals surface area contributed by atoms with Crippen molar-refractivity contribution in [3.05, 3.63) is 64.1 Å². The monoisotopic (exact) mass is 416 g/mol. The van der Waals surface area contributed by atoms with E-state index >= 15 is 0 Å². The van der Waals surface area contributed by atoms with Crippen LogP contribution in [0.4, 0.5) is 5.13 Å². The van der Waals surface area contributed by atoms with Crippen LogP contribution in [0.5, 0.6) is 5.75 Å². The van der Waals surface area contributed by atoms with E-state index in [0.29, 0.717) is 21.5 Å². The highest BCUT2D eigenvalue weighted by Gasteiger charge is 2.18. The van der Waals surface area contributed by atoms with Crippen LogP contribution in [0.2, 0.25) is 5.02 Å². The molecule has 0 atom stereocenters. The minimum Gasteiger partial charge on any atom is -0.496 e. The number of hydrogen-bond acceptors (Lipinski definition) is 6. The second kappa shape index (κ2) is 7.51. The molecule has 0 aliphatic rings. The summed E-state index contributed by atoms with van der Waals surface area (Å²) in [4.78, 5) is 12.7. The van der Waals surface area contributed by atoms with E-state index in [1.807, 2.05) is 45.9 Å². The molecule has 0 radical (unpaired) electrons. The first-order valence-electron chi connectivity index (χ1n) is 7.84. The summed E-state index contributed by atoms with van der Waals surface area (Å²) in [5.74, 6) is 0.0593. The van der Waals surface area contributed by atoms with Gasteiger partial charge in [-0.2, -0.15) is 11.3 Å². The number of carbonyl (C=O) groups excluding carboxylic acids is 1. The summed E-state index contributed by atoms with van der Waals surface area (Å²) in [6.07, 6.45) is 3.74. The van der Waals surface area contributed by atoms with Gasteiger partial charge in [-0.05, 0) is 29.6 Å². The maximum Gasteiger partial charge on any atom is 0.261 e. The number of anilines is 1. The lowest BCUT2D eigenvalue weighted by Crippen LogP contribution is -2.13. The quantitative estimate of drug-likeness (QED) is 0.498. The summed E-state index contributed by atoms with van der Waals surface area (Å²) in [6, 6.07) is 9.06. The van der Waals surface area contributed by atoms with E-state index in [2.05, 4.69) is 15.5 Å². The molecule has 0 aliphatic heterocycles. The van der Waals surface area contributed by atoms with Crippen molar-refractivity contribution in [3.63, 3.8) is 0 Å². The number of benzene rings is 1. The van der Waals surface area contributed by atoms with Crippen LogP contribution in [0.3, 0.4) is 0 Å². The Kier molecular flexibility index (Phi) is 4.93.